The third-order valence-electron chi connectivity index (χ3n) is 6.78. The van der Waals surface area contributed by atoms with E-state index in [2.05, 4.69) is 10.6 Å². The monoisotopic (exact) mass is 562 g/mol. The maximum absolute atomic E-state index is 13.7. The van der Waals surface area contributed by atoms with Gasteiger partial charge >= 0.3 is 6.03 Å². The van der Waals surface area contributed by atoms with Gasteiger partial charge in [0.25, 0.3) is 5.56 Å². The van der Waals surface area contributed by atoms with E-state index in [1.807, 2.05) is 36.4 Å². The van der Waals surface area contributed by atoms with Crippen molar-refractivity contribution in [2.75, 3.05) is 17.9 Å². The molecule has 2 aromatic heterocycles. The number of rotatable bonds is 6. The van der Waals surface area contributed by atoms with Crippen molar-refractivity contribution in [3.63, 3.8) is 0 Å². The van der Waals surface area contributed by atoms with Crippen molar-refractivity contribution >= 4 is 50.9 Å². The van der Waals surface area contributed by atoms with Crippen molar-refractivity contribution < 1.29 is 19.1 Å². The first-order valence-corrected chi connectivity index (χ1v) is 14.6. The van der Waals surface area contributed by atoms with Gasteiger partial charge in [-0.3, -0.25) is 19.5 Å². The molecule has 9 nitrogen and oxygen atoms in total. The van der Waals surface area contributed by atoms with Crippen molar-refractivity contribution in [2.24, 2.45) is 0 Å². The maximum Gasteiger partial charge on any atom is 0.325 e. The van der Waals surface area contributed by atoms with Crippen LogP contribution in [0, 0.1) is 0 Å². The highest BCUT2D eigenvalue weighted by Gasteiger charge is 2.24. The molecule has 1 aliphatic carbocycles. The van der Waals surface area contributed by atoms with E-state index in [0.29, 0.717) is 32.6 Å². The van der Waals surface area contributed by atoms with Gasteiger partial charge in [0.2, 0.25) is 12.7 Å². The molecular weight excluding hydrogens is 536 g/mol. The van der Waals surface area contributed by atoms with Crippen LogP contribution >= 0.6 is 23.1 Å². The number of benzene rings is 2. The number of hydrogen-bond acceptors (Lipinski definition) is 8. The Kier molecular flexibility index (Phi) is 7.25. The molecule has 0 saturated heterocycles. The summed E-state index contributed by atoms with van der Waals surface area (Å²) in [6.45, 7) is 0.130. The van der Waals surface area contributed by atoms with Crippen molar-refractivity contribution in [3.05, 3.63) is 65.0 Å². The summed E-state index contributed by atoms with van der Waals surface area (Å²) in [6.07, 6.45) is 5.07. The SMILES string of the molecule is O=C(CSc1nc2sc(-c3ccccc3)cc2c(=O)n1C1CCCCC1)NC(=O)Nc1ccc2c(c1)OCO2. The summed E-state index contributed by atoms with van der Waals surface area (Å²) in [6, 6.07) is 16.2. The zero-order valence-corrected chi connectivity index (χ0v) is 22.6. The van der Waals surface area contributed by atoms with Gasteiger partial charge in [0.05, 0.1) is 11.1 Å². The Morgan fingerprint density at radius 2 is 1.82 bits per heavy atom. The molecule has 2 aliphatic rings. The largest absolute Gasteiger partial charge is 0.454 e. The Balaban J connectivity index is 1.20. The molecule has 6 rings (SSSR count). The highest BCUT2D eigenvalue weighted by Crippen LogP contribution is 2.36. The molecule has 39 heavy (non-hydrogen) atoms. The highest BCUT2D eigenvalue weighted by molar-refractivity contribution is 7.99. The molecule has 2 N–H and O–H groups in total. The van der Waals surface area contributed by atoms with Gasteiger partial charge in [-0.2, -0.15) is 0 Å². The summed E-state index contributed by atoms with van der Waals surface area (Å²) in [5.74, 6) is 0.583. The van der Waals surface area contributed by atoms with E-state index in [0.717, 1.165) is 42.5 Å². The predicted molar refractivity (Wildman–Crippen MR) is 152 cm³/mol. The molecule has 1 aliphatic heterocycles. The van der Waals surface area contributed by atoms with Crippen LogP contribution in [-0.2, 0) is 4.79 Å². The predicted octanol–water partition coefficient (Wildman–Crippen LogP) is 5.80. The van der Waals surface area contributed by atoms with Crippen LogP contribution in [0.15, 0.2) is 64.5 Å². The number of carbonyl (C=O) groups is 2. The second kappa shape index (κ2) is 11.1. The Labute approximate surface area is 232 Å². The van der Waals surface area contributed by atoms with Crippen molar-refractivity contribution in [1.82, 2.24) is 14.9 Å². The molecule has 1 saturated carbocycles. The van der Waals surface area contributed by atoms with Crippen LogP contribution in [0.4, 0.5) is 10.5 Å². The third-order valence-corrected chi connectivity index (χ3v) is 8.81. The lowest BCUT2D eigenvalue weighted by molar-refractivity contribution is -0.117. The lowest BCUT2D eigenvalue weighted by Crippen LogP contribution is -2.36. The number of imide groups is 1. The molecule has 0 spiro atoms. The molecule has 3 heterocycles. The number of fused-ring (bicyclic) bond motifs is 2. The molecule has 3 amide bonds. The minimum atomic E-state index is -0.654. The number of nitrogens with one attached hydrogen (secondary N) is 2. The molecule has 11 heteroatoms. The molecule has 1 fully saturated rings. The molecule has 4 aromatic rings. The fourth-order valence-electron chi connectivity index (χ4n) is 4.91. The molecule has 0 atom stereocenters. The number of aromatic nitrogens is 2. The molecular formula is C28H26N4O5S2. The summed E-state index contributed by atoms with van der Waals surface area (Å²) in [7, 11) is 0. The Morgan fingerprint density at radius 3 is 2.64 bits per heavy atom. The summed E-state index contributed by atoms with van der Waals surface area (Å²) in [5, 5.41) is 6.08. The van der Waals surface area contributed by atoms with E-state index in [9.17, 15) is 14.4 Å². The number of urea groups is 1. The lowest BCUT2D eigenvalue weighted by atomic mass is 9.95. The van der Waals surface area contributed by atoms with Gasteiger partial charge in [-0.05, 0) is 36.6 Å². The molecule has 2 aromatic carbocycles. The zero-order chi connectivity index (χ0) is 26.8. The van der Waals surface area contributed by atoms with Crippen molar-refractivity contribution in [3.8, 4) is 21.9 Å². The first-order valence-electron chi connectivity index (χ1n) is 12.8. The van der Waals surface area contributed by atoms with E-state index in [4.69, 9.17) is 14.5 Å². The maximum atomic E-state index is 13.7. The van der Waals surface area contributed by atoms with Crippen LogP contribution in [0.3, 0.4) is 0 Å². The van der Waals surface area contributed by atoms with Crippen LogP contribution in [0.2, 0.25) is 0 Å². The van der Waals surface area contributed by atoms with Crippen LogP contribution < -0.4 is 25.7 Å². The Hall–Kier alpha value is -3.83. The second-order valence-corrected chi connectivity index (χ2v) is 11.4. The molecule has 0 bridgehead atoms. The van der Waals surface area contributed by atoms with Crippen LogP contribution in [0.5, 0.6) is 11.5 Å². The second-order valence-electron chi connectivity index (χ2n) is 9.42. The van der Waals surface area contributed by atoms with Crippen LogP contribution in [0.1, 0.15) is 38.1 Å². The Bertz CT molecular complexity index is 1600. The van der Waals surface area contributed by atoms with E-state index in [1.165, 1.54) is 23.1 Å². The number of nitrogens with zero attached hydrogens (tertiary/aromatic N) is 2. The van der Waals surface area contributed by atoms with Crippen LogP contribution in [0.25, 0.3) is 20.7 Å². The number of thiophene rings is 1. The minimum absolute atomic E-state index is 0.0445. The van der Waals surface area contributed by atoms with Gasteiger partial charge in [0.15, 0.2) is 16.7 Å². The smallest absolute Gasteiger partial charge is 0.325 e. The fourth-order valence-corrected chi connectivity index (χ4v) is 6.86. The molecule has 0 unspecified atom stereocenters. The average molecular weight is 563 g/mol. The lowest BCUT2D eigenvalue weighted by Gasteiger charge is -2.25. The van der Waals surface area contributed by atoms with Gasteiger partial charge in [0.1, 0.15) is 4.83 Å². The number of carbonyl (C=O) groups excluding carboxylic acids is 2. The van der Waals surface area contributed by atoms with Gasteiger partial charge in [-0.25, -0.2) is 9.78 Å². The number of amides is 3. The number of anilines is 1. The quantitative estimate of drug-likeness (QED) is 0.226. The summed E-state index contributed by atoms with van der Waals surface area (Å²) in [4.78, 5) is 45.3. The Morgan fingerprint density at radius 1 is 1.03 bits per heavy atom. The van der Waals surface area contributed by atoms with Crippen molar-refractivity contribution in [2.45, 2.75) is 43.3 Å². The third kappa shape index (κ3) is 5.50. The molecule has 200 valence electrons. The number of thioether (sulfide) groups is 1. The van der Waals surface area contributed by atoms with Crippen molar-refractivity contribution in [1.29, 1.82) is 0 Å². The number of ether oxygens (including phenoxy) is 2. The van der Waals surface area contributed by atoms with E-state index >= 15 is 0 Å². The zero-order valence-electron chi connectivity index (χ0n) is 21.0. The standard InChI is InChI=1S/C28H26N4O5S2/c33-24(30-27(35)29-18-11-12-21-22(13-18)37-16-36-21)15-38-28-31-25-20(14-23(39-25)17-7-3-1-4-8-17)26(34)32(28)19-9-5-2-6-10-19/h1,3-4,7-8,11-14,19H,2,5-6,9-10,15-16H2,(H2,29,30,33,35). The van der Waals surface area contributed by atoms with E-state index in [-0.39, 0.29) is 24.1 Å². The first-order chi connectivity index (χ1) is 19.0. The van der Waals surface area contributed by atoms with Gasteiger partial charge in [-0.1, -0.05) is 61.4 Å². The van der Waals surface area contributed by atoms with Gasteiger partial charge in [0, 0.05) is 22.7 Å². The normalized spacial score (nSPS) is 14.9. The summed E-state index contributed by atoms with van der Waals surface area (Å²) >= 11 is 2.64. The molecule has 0 radical (unpaired) electrons. The minimum Gasteiger partial charge on any atom is -0.454 e. The summed E-state index contributed by atoms with van der Waals surface area (Å²) in [5.41, 5.74) is 1.43. The van der Waals surface area contributed by atoms with E-state index in [1.54, 1.807) is 22.8 Å². The van der Waals surface area contributed by atoms with Crippen LogP contribution in [-0.4, -0.2) is 34.0 Å². The van der Waals surface area contributed by atoms with E-state index < -0.39 is 11.9 Å². The average Bonchev–Trinajstić information content (AvgIpc) is 3.60. The highest BCUT2D eigenvalue weighted by atomic mass is 32.2. The topological polar surface area (TPSA) is 112 Å². The summed E-state index contributed by atoms with van der Waals surface area (Å²) < 4.78 is 12.4. The number of hydrogen-bond donors (Lipinski definition) is 2. The fraction of sp³-hybridized carbons (Fsp3) is 0.286. The van der Waals surface area contributed by atoms with Gasteiger partial charge < -0.3 is 14.8 Å². The first kappa shape index (κ1) is 25.4. The van der Waals surface area contributed by atoms with Gasteiger partial charge in [-0.15, -0.1) is 11.3 Å².